The summed E-state index contributed by atoms with van der Waals surface area (Å²) in [5, 5.41) is 55.5. The molecule has 5 amide bonds. The van der Waals surface area contributed by atoms with Crippen molar-refractivity contribution in [3.63, 3.8) is 0 Å². The van der Waals surface area contributed by atoms with Crippen molar-refractivity contribution >= 4 is 99.9 Å². The summed E-state index contributed by atoms with van der Waals surface area (Å²) in [6.45, 7) is 47.7. The minimum Gasteiger partial charge on any atom is -0.480 e. The van der Waals surface area contributed by atoms with Crippen LogP contribution in [0.25, 0.3) is 0 Å². The van der Waals surface area contributed by atoms with Gasteiger partial charge in [-0.25, -0.2) is 24.0 Å². The van der Waals surface area contributed by atoms with Crippen LogP contribution >= 0.6 is 0 Å². The van der Waals surface area contributed by atoms with Crippen LogP contribution in [0.15, 0.2) is 0 Å². The normalized spacial score (nSPS) is 12.6. The molecule has 0 unspecified atom stereocenters. The molecule has 0 aromatic rings. The van der Waals surface area contributed by atoms with Crippen LogP contribution in [0.1, 0.15) is 265 Å². The Balaban J connectivity index is -0.000000157. The first-order valence-corrected chi connectivity index (χ1v) is 30.8. The fourth-order valence-electron chi connectivity index (χ4n) is 5.77. The second-order valence-electron chi connectivity index (χ2n) is 29.6. The molecule has 0 heterocycles. The summed E-state index contributed by atoms with van der Waals surface area (Å²) in [4.78, 5) is 186. The number of nitrogens with one attached hydrogen (secondary N) is 5. The molecule has 0 aliphatic rings. The van der Waals surface area contributed by atoms with Crippen LogP contribution in [0.2, 0.25) is 0 Å². The highest BCUT2D eigenvalue weighted by molar-refractivity contribution is 5.90. The van der Waals surface area contributed by atoms with E-state index in [9.17, 15) is 81.5 Å². The molecule has 27 heteroatoms. The van der Waals surface area contributed by atoms with Crippen LogP contribution in [0.3, 0.4) is 0 Å². The highest BCUT2D eigenvalue weighted by Gasteiger charge is 2.30. The van der Waals surface area contributed by atoms with Crippen molar-refractivity contribution in [3.8, 4) is 0 Å². The van der Waals surface area contributed by atoms with Crippen LogP contribution in [0, 0.1) is 37.9 Å². The predicted octanol–water partition coefficient (Wildman–Crippen LogP) is 8.73. The van der Waals surface area contributed by atoms with Crippen LogP contribution in [0.4, 0.5) is 0 Å². The first-order chi connectivity index (χ1) is 41.6. The van der Waals surface area contributed by atoms with Crippen molar-refractivity contribution in [2.75, 3.05) is 0 Å². The average Bonchev–Trinajstić information content (AvgIpc) is 1.18. The number of hydrogen-bond donors (Lipinski definition) is 10. The Labute approximate surface area is 565 Å². The van der Waals surface area contributed by atoms with Gasteiger partial charge in [0, 0.05) is 105 Å². The van der Waals surface area contributed by atoms with Crippen molar-refractivity contribution in [2.45, 2.75) is 296 Å². The number of hydrogen-bond acceptors (Lipinski definition) is 17. The zero-order valence-corrected chi connectivity index (χ0v) is 61.6. The molecule has 10 N–H and O–H groups in total. The lowest BCUT2D eigenvalue weighted by molar-refractivity contribution is -0.142. The van der Waals surface area contributed by atoms with Gasteiger partial charge in [0.2, 0.25) is 29.5 Å². The quantitative estimate of drug-likeness (QED) is 0.0408. The second kappa shape index (κ2) is 47.3. The number of carbonyl (C=O) groups is 17. The Morgan fingerprint density at radius 1 is 0.232 bits per heavy atom. The number of carboxylic acids is 5. The third-order valence-corrected chi connectivity index (χ3v) is 13.0. The molecule has 0 saturated carbocycles. The summed E-state index contributed by atoms with van der Waals surface area (Å²) in [5.74, 6) is -7.17. The maximum atomic E-state index is 11.6. The monoisotopic (exact) mass is 1360 g/mol. The van der Waals surface area contributed by atoms with Crippen LogP contribution in [-0.2, 0) is 81.5 Å². The lowest BCUT2D eigenvalue weighted by atomic mass is 9.87. The Morgan fingerprint density at radius 2 is 0.326 bits per heavy atom. The third kappa shape index (κ3) is 62.3. The molecule has 0 aromatic heterocycles. The fourth-order valence-corrected chi connectivity index (χ4v) is 5.77. The largest absolute Gasteiger partial charge is 0.480 e. The summed E-state index contributed by atoms with van der Waals surface area (Å²) in [6.07, 6.45) is 1.42. The summed E-state index contributed by atoms with van der Waals surface area (Å²) in [7, 11) is 0. The van der Waals surface area contributed by atoms with Crippen molar-refractivity contribution in [1.82, 2.24) is 26.6 Å². The first-order valence-electron chi connectivity index (χ1n) is 30.8. The zero-order chi connectivity index (χ0) is 76.8. The first kappa shape index (κ1) is 103. The molecule has 552 valence electrons. The number of rotatable bonds is 25. The van der Waals surface area contributed by atoms with Gasteiger partial charge in [-0.3, -0.25) is 57.5 Å². The molecule has 0 spiro atoms. The lowest BCUT2D eigenvalue weighted by Crippen LogP contribution is -2.40. The SMILES string of the molecule is C.CC(=O)C(C)(C)C.CC(=O)C(C)(C)C.CC(=O)N[C@@H](CCC(=O)C(C)(C)C)C(=O)O.CC(=O)N[C@@H](CCC(=O)C(C)(C)C)C(=O)O.CC(=O)N[C@@H](CCC(=O)C(C)(C)C)C(=O)O.CC(=O)N[C@@H](CCC(=O)C(C)(C)C)C(=O)O.CC(=O)N[C@@H](CCC(=O)C(C)(C)C)C(=O)O. The molecule has 0 aromatic carbocycles. The van der Waals surface area contributed by atoms with Gasteiger partial charge in [0.05, 0.1) is 0 Å². The van der Waals surface area contributed by atoms with Gasteiger partial charge >= 0.3 is 29.8 Å². The maximum Gasteiger partial charge on any atom is 0.326 e. The zero-order valence-electron chi connectivity index (χ0n) is 61.6. The highest BCUT2D eigenvalue weighted by Crippen LogP contribution is 2.22. The Hall–Kier alpha value is -7.61. The van der Waals surface area contributed by atoms with E-state index < -0.39 is 117 Å². The van der Waals surface area contributed by atoms with E-state index in [1.54, 1.807) is 118 Å². The van der Waals surface area contributed by atoms with Gasteiger partial charge in [-0.2, -0.15) is 0 Å². The molecular weight excluding hydrogens is 1240 g/mol. The minimum atomic E-state index is -1.11. The maximum absolute atomic E-state index is 11.6. The summed E-state index contributed by atoms with van der Waals surface area (Å²) < 4.78 is 0. The van der Waals surface area contributed by atoms with Crippen molar-refractivity contribution < 1.29 is 107 Å². The van der Waals surface area contributed by atoms with Gasteiger partial charge < -0.3 is 52.1 Å². The van der Waals surface area contributed by atoms with Crippen molar-refractivity contribution in [2.24, 2.45) is 37.9 Å². The molecule has 95 heavy (non-hydrogen) atoms. The number of carboxylic acid groups (broad SMARTS) is 5. The van der Waals surface area contributed by atoms with E-state index in [0.29, 0.717) is 0 Å². The van der Waals surface area contributed by atoms with Gasteiger partial charge in [-0.1, -0.05) is 153 Å². The number of aliphatic carboxylic acids is 5. The number of amides is 5. The molecule has 0 aliphatic carbocycles. The van der Waals surface area contributed by atoms with E-state index in [1.165, 1.54) is 34.6 Å². The van der Waals surface area contributed by atoms with E-state index in [0.717, 1.165) is 0 Å². The minimum absolute atomic E-state index is 0. The summed E-state index contributed by atoms with van der Waals surface area (Å²) in [6, 6.07) is -4.91. The van der Waals surface area contributed by atoms with Gasteiger partial charge in [-0.05, 0) is 46.0 Å². The molecule has 5 atom stereocenters. The van der Waals surface area contributed by atoms with Gasteiger partial charge in [0.1, 0.15) is 70.7 Å². The van der Waals surface area contributed by atoms with E-state index in [-0.39, 0.29) is 123 Å². The molecule has 0 bridgehead atoms. The standard InChI is InChI=1S/5C11H19NO4.2C6H12O.CH4/c5*1-7(13)12-8(10(15)16)5-6-9(14)11(2,3)4;2*1-5(7)6(2,3)4;/h5*8H,5-6H2,1-4H3,(H,12,13)(H,15,16);2*1-4H3;1H4/t5*8-;;;/m00000.../s1. The molecule has 0 fully saturated rings. The molecule has 0 aliphatic heterocycles. The highest BCUT2D eigenvalue weighted by atomic mass is 16.4. The van der Waals surface area contributed by atoms with E-state index in [1.807, 2.05) is 41.5 Å². The molecule has 0 radical (unpaired) electrons. The number of ketones is 7. The topological polar surface area (TPSA) is 451 Å². The molecule has 27 nitrogen and oxygen atoms in total. The average molecular weight is 1360 g/mol. The summed E-state index contributed by atoms with van der Waals surface area (Å²) in [5.41, 5.74) is -2.64. The van der Waals surface area contributed by atoms with Gasteiger partial charge in [0.15, 0.2) is 0 Å². The van der Waals surface area contributed by atoms with E-state index in [2.05, 4.69) is 26.6 Å². The summed E-state index contributed by atoms with van der Waals surface area (Å²) >= 11 is 0. The molecule has 0 rings (SSSR count). The fraction of sp³-hybridized carbons (Fsp3) is 0.750. The predicted molar refractivity (Wildman–Crippen MR) is 362 cm³/mol. The van der Waals surface area contributed by atoms with Crippen LogP contribution < -0.4 is 26.6 Å². The van der Waals surface area contributed by atoms with E-state index in [4.69, 9.17) is 25.5 Å². The Bertz CT molecular complexity index is 2180. The third-order valence-electron chi connectivity index (χ3n) is 13.0. The second-order valence-corrected chi connectivity index (χ2v) is 29.6. The van der Waals surface area contributed by atoms with Crippen molar-refractivity contribution in [1.29, 1.82) is 0 Å². The number of Topliss-reactive ketones (excluding diaryl/α,β-unsaturated/α-hetero) is 7. The van der Waals surface area contributed by atoms with Crippen molar-refractivity contribution in [3.05, 3.63) is 0 Å². The van der Waals surface area contributed by atoms with E-state index >= 15 is 0 Å². The Morgan fingerprint density at radius 3 is 0.379 bits per heavy atom. The smallest absolute Gasteiger partial charge is 0.326 e. The van der Waals surface area contributed by atoms with Crippen LogP contribution in [-0.4, -0.2) is 156 Å². The Kier molecular flexibility index (Phi) is 51.5. The molecule has 0 saturated heterocycles. The van der Waals surface area contributed by atoms with Gasteiger partial charge in [-0.15, -0.1) is 0 Å². The number of carbonyl (C=O) groups excluding carboxylic acids is 12. The molecular formula is C68H123N5O22. The van der Waals surface area contributed by atoms with Gasteiger partial charge in [0.25, 0.3) is 0 Å². The lowest BCUT2D eigenvalue weighted by Gasteiger charge is -2.18. The van der Waals surface area contributed by atoms with Crippen LogP contribution in [0.5, 0.6) is 0 Å².